The zero-order chi connectivity index (χ0) is 12.6. The lowest BCUT2D eigenvalue weighted by molar-refractivity contribution is 0.385. The number of ether oxygens (including phenoxy) is 1. The molecule has 0 spiro atoms. The quantitative estimate of drug-likeness (QED) is 0.927. The first-order valence-electron chi connectivity index (χ1n) is 4.86. The van der Waals surface area contributed by atoms with Gasteiger partial charge in [0, 0.05) is 18.7 Å². The molecule has 1 heterocycles. The van der Waals surface area contributed by atoms with E-state index in [0.29, 0.717) is 16.0 Å². The number of aromatic nitrogens is 2. The van der Waals surface area contributed by atoms with Gasteiger partial charge in [0.25, 0.3) is 0 Å². The van der Waals surface area contributed by atoms with Crippen molar-refractivity contribution in [1.29, 1.82) is 0 Å². The van der Waals surface area contributed by atoms with Crippen LogP contribution in [0.1, 0.15) is 0 Å². The first-order valence-corrected chi connectivity index (χ1v) is 5.65. The van der Waals surface area contributed by atoms with Crippen LogP contribution >= 0.6 is 15.9 Å². The van der Waals surface area contributed by atoms with E-state index in [2.05, 4.69) is 21.0 Å². The third-order valence-electron chi connectivity index (χ3n) is 2.43. The van der Waals surface area contributed by atoms with Gasteiger partial charge in [0.2, 0.25) is 0 Å². The van der Waals surface area contributed by atoms with Crippen molar-refractivity contribution in [2.24, 2.45) is 7.05 Å². The second kappa shape index (κ2) is 4.37. The molecule has 90 valence electrons. The molecule has 0 amide bonds. The smallest absolute Gasteiger partial charge is 0.179 e. The standard InChI is InChI=1S/C11H11BrFN3O/c1-16-10(14)5-8(15-16)6-3-7(12)11(13)9(4-6)17-2/h3-5H,14H2,1-2H3. The predicted octanol–water partition coefficient (Wildman–Crippen LogP) is 2.58. The van der Waals surface area contributed by atoms with Crippen LogP contribution in [-0.2, 0) is 7.05 Å². The molecule has 0 unspecified atom stereocenters. The molecule has 0 fully saturated rings. The van der Waals surface area contributed by atoms with Gasteiger partial charge >= 0.3 is 0 Å². The zero-order valence-corrected chi connectivity index (χ0v) is 11.0. The van der Waals surface area contributed by atoms with Gasteiger partial charge in [-0.1, -0.05) is 0 Å². The van der Waals surface area contributed by atoms with Crippen LogP contribution in [0.25, 0.3) is 11.3 Å². The van der Waals surface area contributed by atoms with Gasteiger partial charge in [0.1, 0.15) is 5.82 Å². The van der Waals surface area contributed by atoms with Crippen LogP contribution in [0, 0.1) is 5.82 Å². The van der Waals surface area contributed by atoms with Crippen LogP contribution in [-0.4, -0.2) is 16.9 Å². The lowest BCUT2D eigenvalue weighted by Crippen LogP contribution is -1.96. The fourth-order valence-corrected chi connectivity index (χ4v) is 1.93. The third-order valence-corrected chi connectivity index (χ3v) is 3.00. The Labute approximate surface area is 106 Å². The summed E-state index contributed by atoms with van der Waals surface area (Å²) in [6.45, 7) is 0. The molecule has 1 aromatic heterocycles. The summed E-state index contributed by atoms with van der Waals surface area (Å²) >= 11 is 3.14. The van der Waals surface area contributed by atoms with E-state index in [1.165, 1.54) is 7.11 Å². The van der Waals surface area contributed by atoms with E-state index in [0.717, 1.165) is 5.56 Å². The number of methoxy groups -OCH3 is 1. The van der Waals surface area contributed by atoms with E-state index in [1.54, 1.807) is 29.9 Å². The second-order valence-corrected chi connectivity index (χ2v) is 4.41. The van der Waals surface area contributed by atoms with Gasteiger partial charge < -0.3 is 10.5 Å². The Bertz CT molecular complexity index is 549. The summed E-state index contributed by atoms with van der Waals surface area (Å²) < 4.78 is 20.4. The Morgan fingerprint density at radius 2 is 2.12 bits per heavy atom. The normalized spacial score (nSPS) is 10.6. The van der Waals surface area contributed by atoms with Crippen molar-refractivity contribution in [2.45, 2.75) is 0 Å². The highest BCUT2D eigenvalue weighted by atomic mass is 79.9. The summed E-state index contributed by atoms with van der Waals surface area (Å²) in [5, 5.41) is 4.22. The minimum atomic E-state index is -0.430. The van der Waals surface area contributed by atoms with Crippen molar-refractivity contribution in [2.75, 3.05) is 12.8 Å². The SMILES string of the molecule is COc1cc(-c2cc(N)n(C)n2)cc(Br)c1F. The number of benzene rings is 1. The Balaban J connectivity index is 2.56. The minimum absolute atomic E-state index is 0.165. The molecule has 0 aliphatic carbocycles. The molecule has 0 bridgehead atoms. The predicted molar refractivity (Wildman–Crippen MR) is 67.3 cm³/mol. The minimum Gasteiger partial charge on any atom is -0.494 e. The topological polar surface area (TPSA) is 53.1 Å². The monoisotopic (exact) mass is 299 g/mol. The average Bonchev–Trinajstić information content (AvgIpc) is 2.63. The number of halogens is 2. The number of anilines is 1. The maximum atomic E-state index is 13.6. The second-order valence-electron chi connectivity index (χ2n) is 3.55. The van der Waals surface area contributed by atoms with Crippen molar-refractivity contribution >= 4 is 21.7 Å². The number of hydrogen-bond donors (Lipinski definition) is 1. The van der Waals surface area contributed by atoms with Crippen molar-refractivity contribution in [3.8, 4) is 17.0 Å². The maximum Gasteiger partial charge on any atom is 0.179 e. The number of nitrogens with two attached hydrogens (primary N) is 1. The molecule has 0 radical (unpaired) electrons. The number of hydrogen-bond acceptors (Lipinski definition) is 3. The number of nitrogens with zero attached hydrogens (tertiary/aromatic N) is 2. The summed E-state index contributed by atoms with van der Waals surface area (Å²) in [6, 6.07) is 4.95. The molecule has 0 saturated heterocycles. The van der Waals surface area contributed by atoms with E-state index in [1.807, 2.05) is 0 Å². The number of nitrogen functional groups attached to an aromatic ring is 1. The maximum absolute atomic E-state index is 13.6. The number of rotatable bonds is 2. The molecule has 2 rings (SSSR count). The van der Waals surface area contributed by atoms with Crippen LogP contribution in [0.15, 0.2) is 22.7 Å². The molecule has 2 aromatic rings. The molecule has 2 N–H and O–H groups in total. The van der Waals surface area contributed by atoms with Gasteiger partial charge in [-0.3, -0.25) is 4.68 Å². The Morgan fingerprint density at radius 3 is 2.65 bits per heavy atom. The van der Waals surface area contributed by atoms with Crippen molar-refractivity contribution in [3.05, 3.63) is 28.5 Å². The zero-order valence-electron chi connectivity index (χ0n) is 9.37. The Morgan fingerprint density at radius 1 is 1.41 bits per heavy atom. The van der Waals surface area contributed by atoms with E-state index >= 15 is 0 Å². The van der Waals surface area contributed by atoms with Crippen molar-refractivity contribution < 1.29 is 9.13 Å². The summed E-state index contributed by atoms with van der Waals surface area (Å²) in [7, 11) is 3.16. The van der Waals surface area contributed by atoms with E-state index in [4.69, 9.17) is 10.5 Å². The Hall–Kier alpha value is -1.56. The van der Waals surface area contributed by atoms with E-state index in [-0.39, 0.29) is 5.75 Å². The first-order chi connectivity index (χ1) is 8.02. The van der Waals surface area contributed by atoms with Crippen LogP contribution in [0.2, 0.25) is 0 Å². The average molecular weight is 300 g/mol. The van der Waals surface area contributed by atoms with Gasteiger partial charge in [-0.15, -0.1) is 0 Å². The summed E-state index contributed by atoms with van der Waals surface area (Å²) in [4.78, 5) is 0. The molecule has 0 aliphatic rings. The first kappa shape index (κ1) is 11.9. The third kappa shape index (κ3) is 2.12. The highest BCUT2D eigenvalue weighted by molar-refractivity contribution is 9.10. The lowest BCUT2D eigenvalue weighted by atomic mass is 10.1. The summed E-state index contributed by atoms with van der Waals surface area (Å²) in [6.07, 6.45) is 0. The lowest BCUT2D eigenvalue weighted by Gasteiger charge is -2.06. The van der Waals surface area contributed by atoms with Crippen LogP contribution < -0.4 is 10.5 Å². The molecule has 0 saturated carbocycles. The van der Waals surface area contributed by atoms with Gasteiger partial charge in [-0.05, 0) is 28.1 Å². The largest absolute Gasteiger partial charge is 0.494 e. The van der Waals surface area contributed by atoms with Gasteiger partial charge in [0.05, 0.1) is 17.3 Å². The Kier molecular flexibility index (Phi) is 3.06. The molecule has 4 nitrogen and oxygen atoms in total. The highest BCUT2D eigenvalue weighted by Gasteiger charge is 2.12. The van der Waals surface area contributed by atoms with E-state index in [9.17, 15) is 4.39 Å². The summed E-state index contributed by atoms with van der Waals surface area (Å²) in [5.41, 5.74) is 7.11. The molecule has 0 atom stereocenters. The van der Waals surface area contributed by atoms with Gasteiger partial charge in [-0.2, -0.15) is 5.10 Å². The van der Waals surface area contributed by atoms with Crippen molar-refractivity contribution in [1.82, 2.24) is 9.78 Å². The number of aryl methyl sites for hydroxylation is 1. The van der Waals surface area contributed by atoms with Gasteiger partial charge in [0.15, 0.2) is 11.6 Å². The molecule has 1 aromatic carbocycles. The van der Waals surface area contributed by atoms with Gasteiger partial charge in [-0.25, -0.2) is 4.39 Å². The van der Waals surface area contributed by atoms with Crippen LogP contribution in [0.5, 0.6) is 5.75 Å². The molecule has 17 heavy (non-hydrogen) atoms. The molecular weight excluding hydrogens is 289 g/mol. The molecular formula is C11H11BrFN3O. The van der Waals surface area contributed by atoms with Crippen LogP contribution in [0.3, 0.4) is 0 Å². The highest BCUT2D eigenvalue weighted by Crippen LogP contribution is 2.32. The molecule has 0 aliphatic heterocycles. The summed E-state index contributed by atoms with van der Waals surface area (Å²) in [5.74, 6) is 0.276. The van der Waals surface area contributed by atoms with Crippen LogP contribution in [0.4, 0.5) is 10.2 Å². The van der Waals surface area contributed by atoms with Crippen molar-refractivity contribution in [3.63, 3.8) is 0 Å². The molecule has 6 heteroatoms. The van der Waals surface area contributed by atoms with E-state index < -0.39 is 5.82 Å². The fourth-order valence-electron chi connectivity index (χ4n) is 1.48. The fraction of sp³-hybridized carbons (Fsp3) is 0.182.